The van der Waals surface area contributed by atoms with Crippen LogP contribution in [0.2, 0.25) is 0 Å². The second kappa shape index (κ2) is 4.21. The molecule has 88 valence electrons. The van der Waals surface area contributed by atoms with Crippen LogP contribution in [-0.4, -0.2) is 16.0 Å². The molecule has 0 spiro atoms. The largest absolute Gasteiger partial charge is 0.347 e. The Morgan fingerprint density at radius 3 is 3.06 bits per heavy atom. The minimum atomic E-state index is 0.651. The zero-order chi connectivity index (χ0) is 11.0. The molecule has 1 aromatic rings. The van der Waals surface area contributed by atoms with Crippen molar-refractivity contribution >= 4 is 0 Å². The van der Waals surface area contributed by atoms with Crippen molar-refractivity contribution < 1.29 is 0 Å². The van der Waals surface area contributed by atoms with Crippen molar-refractivity contribution in [2.24, 2.45) is 17.8 Å². The third-order valence-corrected chi connectivity index (χ3v) is 4.60. The van der Waals surface area contributed by atoms with E-state index in [1.54, 1.807) is 6.33 Å². The van der Waals surface area contributed by atoms with Crippen LogP contribution in [0.5, 0.6) is 0 Å². The number of aromatic amines is 1. The summed E-state index contributed by atoms with van der Waals surface area (Å²) in [5.41, 5.74) is 1.19. The van der Waals surface area contributed by atoms with Gasteiger partial charge in [-0.05, 0) is 43.9 Å². The lowest BCUT2D eigenvalue weighted by Gasteiger charge is -2.28. The summed E-state index contributed by atoms with van der Waals surface area (Å²) in [4.78, 5) is 7.18. The molecule has 3 nitrogen and oxygen atoms in total. The number of hydrogen-bond acceptors (Lipinski definition) is 2. The zero-order valence-corrected chi connectivity index (χ0v) is 9.95. The van der Waals surface area contributed by atoms with Crippen LogP contribution in [0.3, 0.4) is 0 Å². The molecular formula is C13H21N3. The highest BCUT2D eigenvalue weighted by molar-refractivity contribution is 4.97. The number of nitrogens with zero attached hydrogens (tertiary/aromatic N) is 1. The average Bonchev–Trinajstić information content (AvgIpc) is 3.01. The molecule has 2 fully saturated rings. The van der Waals surface area contributed by atoms with Gasteiger partial charge in [0.15, 0.2) is 0 Å². The maximum Gasteiger partial charge on any atom is 0.0922 e. The van der Waals surface area contributed by atoms with Crippen molar-refractivity contribution in [2.75, 3.05) is 0 Å². The number of H-pyrrole nitrogens is 1. The van der Waals surface area contributed by atoms with Gasteiger partial charge in [0, 0.05) is 24.5 Å². The molecule has 3 heteroatoms. The second-order valence-electron chi connectivity index (χ2n) is 5.59. The summed E-state index contributed by atoms with van der Waals surface area (Å²) >= 11 is 0. The summed E-state index contributed by atoms with van der Waals surface area (Å²) in [5, 5.41) is 3.64. The molecule has 1 aromatic heterocycles. The Hall–Kier alpha value is -0.830. The smallest absolute Gasteiger partial charge is 0.0922 e. The molecule has 1 heterocycles. The maximum atomic E-state index is 4.04. The van der Waals surface area contributed by atoms with Crippen LogP contribution in [0.1, 0.15) is 38.3 Å². The normalized spacial score (nSPS) is 34.4. The minimum absolute atomic E-state index is 0.651. The molecule has 0 aliphatic heterocycles. The molecule has 2 saturated carbocycles. The molecule has 4 atom stereocenters. The van der Waals surface area contributed by atoms with Gasteiger partial charge >= 0.3 is 0 Å². The summed E-state index contributed by atoms with van der Waals surface area (Å²) < 4.78 is 0. The van der Waals surface area contributed by atoms with E-state index in [0.29, 0.717) is 6.04 Å². The molecule has 0 saturated heterocycles. The van der Waals surface area contributed by atoms with Gasteiger partial charge in [-0.2, -0.15) is 0 Å². The lowest BCUT2D eigenvalue weighted by Crippen LogP contribution is -2.35. The van der Waals surface area contributed by atoms with Gasteiger partial charge in [0.1, 0.15) is 0 Å². The summed E-state index contributed by atoms with van der Waals surface area (Å²) in [5.74, 6) is 2.97. The number of nitrogens with one attached hydrogen (secondary N) is 2. The monoisotopic (exact) mass is 219 g/mol. The molecule has 2 aliphatic rings. The van der Waals surface area contributed by atoms with Gasteiger partial charge in [0.2, 0.25) is 0 Å². The van der Waals surface area contributed by atoms with Gasteiger partial charge in [-0.15, -0.1) is 0 Å². The molecule has 0 radical (unpaired) electrons. The lowest BCUT2D eigenvalue weighted by atomic mass is 9.84. The first kappa shape index (κ1) is 10.3. The lowest BCUT2D eigenvalue weighted by molar-refractivity contribution is 0.259. The van der Waals surface area contributed by atoms with Gasteiger partial charge in [-0.3, -0.25) is 0 Å². The number of rotatable bonds is 4. The molecule has 2 bridgehead atoms. The quantitative estimate of drug-likeness (QED) is 0.816. The van der Waals surface area contributed by atoms with E-state index in [0.717, 1.165) is 24.3 Å². The van der Waals surface area contributed by atoms with E-state index in [1.165, 1.54) is 31.4 Å². The van der Waals surface area contributed by atoms with Crippen molar-refractivity contribution in [3.8, 4) is 0 Å². The highest BCUT2D eigenvalue weighted by Crippen LogP contribution is 2.49. The van der Waals surface area contributed by atoms with Crippen LogP contribution in [-0.2, 0) is 6.54 Å². The van der Waals surface area contributed by atoms with Gasteiger partial charge in [-0.1, -0.05) is 6.42 Å². The topological polar surface area (TPSA) is 40.7 Å². The van der Waals surface area contributed by atoms with Crippen LogP contribution in [0, 0.1) is 17.8 Å². The van der Waals surface area contributed by atoms with Crippen LogP contribution in [0.25, 0.3) is 0 Å². The molecule has 3 rings (SSSR count). The fourth-order valence-corrected chi connectivity index (χ4v) is 3.71. The molecule has 0 amide bonds. The van der Waals surface area contributed by atoms with Gasteiger partial charge in [0.05, 0.1) is 6.33 Å². The Bertz CT molecular complexity index is 333. The van der Waals surface area contributed by atoms with Crippen LogP contribution in [0.4, 0.5) is 0 Å². The van der Waals surface area contributed by atoms with E-state index >= 15 is 0 Å². The molecule has 0 aromatic carbocycles. The summed E-state index contributed by atoms with van der Waals surface area (Å²) in [6, 6.07) is 0.651. The summed E-state index contributed by atoms with van der Waals surface area (Å²) in [6.45, 7) is 3.27. The van der Waals surface area contributed by atoms with E-state index in [2.05, 4.69) is 22.2 Å². The van der Waals surface area contributed by atoms with Crippen molar-refractivity contribution in [3.05, 3.63) is 18.2 Å². The molecule has 2 aliphatic carbocycles. The van der Waals surface area contributed by atoms with Gasteiger partial charge in [0.25, 0.3) is 0 Å². The first-order chi connectivity index (χ1) is 7.83. The first-order valence-electron chi connectivity index (χ1n) is 6.53. The van der Waals surface area contributed by atoms with E-state index < -0.39 is 0 Å². The van der Waals surface area contributed by atoms with Crippen molar-refractivity contribution in [3.63, 3.8) is 0 Å². The number of imidazole rings is 1. The third kappa shape index (κ3) is 1.88. The molecule has 2 N–H and O–H groups in total. The Morgan fingerprint density at radius 1 is 1.50 bits per heavy atom. The Kier molecular flexibility index (Phi) is 2.72. The summed E-state index contributed by atoms with van der Waals surface area (Å²) in [6.07, 6.45) is 9.59. The van der Waals surface area contributed by atoms with Gasteiger partial charge < -0.3 is 10.3 Å². The van der Waals surface area contributed by atoms with Crippen molar-refractivity contribution in [2.45, 2.75) is 45.2 Å². The first-order valence-corrected chi connectivity index (χ1v) is 6.53. The predicted molar refractivity (Wildman–Crippen MR) is 63.8 cm³/mol. The fraction of sp³-hybridized carbons (Fsp3) is 0.769. The summed E-state index contributed by atoms with van der Waals surface area (Å²) in [7, 11) is 0. The highest BCUT2D eigenvalue weighted by Gasteiger charge is 2.41. The Balaban J connectivity index is 1.52. The second-order valence-corrected chi connectivity index (χ2v) is 5.59. The maximum absolute atomic E-state index is 4.04. The van der Waals surface area contributed by atoms with E-state index in [4.69, 9.17) is 0 Å². The molecular weight excluding hydrogens is 198 g/mol. The zero-order valence-electron chi connectivity index (χ0n) is 9.95. The van der Waals surface area contributed by atoms with Crippen molar-refractivity contribution in [1.29, 1.82) is 0 Å². The van der Waals surface area contributed by atoms with Crippen molar-refractivity contribution in [1.82, 2.24) is 15.3 Å². The fourth-order valence-electron chi connectivity index (χ4n) is 3.71. The van der Waals surface area contributed by atoms with Gasteiger partial charge in [-0.25, -0.2) is 4.98 Å². The Labute approximate surface area is 97.0 Å². The Morgan fingerprint density at radius 2 is 2.44 bits per heavy atom. The SMILES string of the molecule is CC(NCc1cnc[nH]1)C1CC2CCC1C2. The molecule has 4 unspecified atom stereocenters. The van der Waals surface area contributed by atoms with E-state index in [1.807, 2.05) is 6.20 Å². The number of fused-ring (bicyclic) bond motifs is 2. The van der Waals surface area contributed by atoms with E-state index in [-0.39, 0.29) is 0 Å². The third-order valence-electron chi connectivity index (χ3n) is 4.60. The van der Waals surface area contributed by atoms with Crippen LogP contribution in [0.15, 0.2) is 12.5 Å². The van der Waals surface area contributed by atoms with Crippen LogP contribution < -0.4 is 5.32 Å². The van der Waals surface area contributed by atoms with Crippen LogP contribution >= 0.6 is 0 Å². The number of aromatic nitrogens is 2. The molecule has 16 heavy (non-hydrogen) atoms. The predicted octanol–water partition coefficient (Wildman–Crippen LogP) is 2.32. The minimum Gasteiger partial charge on any atom is -0.347 e. The standard InChI is InChI=1S/C13H21N3/c1-9(15-7-12-6-14-8-16-12)13-5-10-2-3-11(13)4-10/h6,8-11,13,15H,2-5,7H2,1H3,(H,14,16). The average molecular weight is 219 g/mol. The highest BCUT2D eigenvalue weighted by atomic mass is 15.0. The van der Waals surface area contributed by atoms with E-state index in [9.17, 15) is 0 Å². The number of hydrogen-bond donors (Lipinski definition) is 2.